The summed E-state index contributed by atoms with van der Waals surface area (Å²) >= 11 is 1.49. The van der Waals surface area contributed by atoms with Crippen LogP contribution in [0.1, 0.15) is 31.9 Å². The Kier molecular flexibility index (Phi) is 7.78. The van der Waals surface area contributed by atoms with Crippen LogP contribution in [0, 0.1) is 11.3 Å². The first kappa shape index (κ1) is 16.5. The Hall–Kier alpha value is -1.51. The predicted molar refractivity (Wildman–Crippen MR) is 82.5 cm³/mol. The van der Waals surface area contributed by atoms with Gasteiger partial charge in [-0.3, -0.25) is 4.79 Å². The van der Waals surface area contributed by atoms with Crippen LogP contribution in [-0.2, 0) is 4.79 Å². The van der Waals surface area contributed by atoms with Crippen molar-refractivity contribution in [1.82, 2.24) is 10.6 Å². The fourth-order valence-electron chi connectivity index (χ4n) is 1.69. The highest BCUT2D eigenvalue weighted by atomic mass is 32.2. The lowest BCUT2D eigenvalue weighted by Crippen LogP contribution is -2.25. The maximum atomic E-state index is 11.4. The van der Waals surface area contributed by atoms with Gasteiger partial charge in [-0.2, -0.15) is 5.26 Å². The van der Waals surface area contributed by atoms with Gasteiger partial charge >= 0.3 is 0 Å². The van der Waals surface area contributed by atoms with Crippen LogP contribution >= 0.6 is 11.8 Å². The maximum Gasteiger partial charge on any atom is 0.231 e. The molecular weight excluding hydrogens is 270 g/mol. The van der Waals surface area contributed by atoms with Crippen LogP contribution in [0.4, 0.5) is 0 Å². The van der Waals surface area contributed by atoms with Gasteiger partial charge in [-0.25, -0.2) is 0 Å². The molecule has 5 heteroatoms. The Morgan fingerprint density at radius 1 is 1.50 bits per heavy atom. The minimum Gasteiger partial charge on any atom is -0.342 e. The van der Waals surface area contributed by atoms with Crippen molar-refractivity contribution in [1.29, 1.82) is 5.26 Å². The lowest BCUT2D eigenvalue weighted by molar-refractivity contribution is -0.118. The Balaban J connectivity index is 2.51. The lowest BCUT2D eigenvalue weighted by atomic mass is 10.1. The Morgan fingerprint density at radius 2 is 2.30 bits per heavy atom. The number of thioether (sulfide) groups is 1. The molecule has 0 spiro atoms. The number of hydrogen-bond acceptors (Lipinski definition) is 4. The number of hydrogen-bond donors (Lipinski definition) is 2. The van der Waals surface area contributed by atoms with Crippen molar-refractivity contribution >= 4 is 17.7 Å². The van der Waals surface area contributed by atoms with Gasteiger partial charge in [0.1, 0.15) is 6.54 Å². The Morgan fingerprint density at radius 3 is 3.00 bits per heavy atom. The van der Waals surface area contributed by atoms with Gasteiger partial charge in [0, 0.05) is 10.9 Å². The van der Waals surface area contributed by atoms with Gasteiger partial charge in [-0.1, -0.05) is 19.1 Å². The molecule has 0 radical (unpaired) electrons. The lowest BCUT2D eigenvalue weighted by Gasteiger charge is -2.14. The number of carbonyl (C=O) groups is 1. The van der Waals surface area contributed by atoms with E-state index < -0.39 is 0 Å². The molecule has 0 aliphatic rings. The molecule has 0 saturated heterocycles. The van der Waals surface area contributed by atoms with E-state index in [1.54, 1.807) is 0 Å². The van der Waals surface area contributed by atoms with E-state index in [1.165, 1.54) is 17.3 Å². The zero-order valence-electron chi connectivity index (χ0n) is 12.0. The highest BCUT2D eigenvalue weighted by Gasteiger charge is 2.06. The third-order valence-corrected chi connectivity index (χ3v) is 3.79. The van der Waals surface area contributed by atoms with Crippen LogP contribution in [0.25, 0.3) is 0 Å². The van der Waals surface area contributed by atoms with E-state index in [1.807, 2.05) is 18.2 Å². The normalized spacial score (nSPS) is 11.7. The second-order valence-corrected chi connectivity index (χ2v) is 5.52. The first-order chi connectivity index (χ1) is 9.67. The van der Waals surface area contributed by atoms with E-state index in [9.17, 15) is 4.79 Å². The van der Waals surface area contributed by atoms with Crippen molar-refractivity contribution in [2.45, 2.75) is 31.2 Å². The number of rotatable bonds is 8. The summed E-state index contributed by atoms with van der Waals surface area (Å²) in [5.41, 5.74) is 1.22. The molecule has 4 nitrogen and oxygen atoms in total. The van der Waals surface area contributed by atoms with Crippen LogP contribution < -0.4 is 10.6 Å². The highest BCUT2D eigenvalue weighted by molar-refractivity contribution is 8.00. The Bertz CT molecular complexity index is 470. The van der Waals surface area contributed by atoms with Crippen molar-refractivity contribution in [3.8, 4) is 6.07 Å². The maximum absolute atomic E-state index is 11.4. The first-order valence-electron chi connectivity index (χ1n) is 6.77. The molecule has 108 valence electrons. The monoisotopic (exact) mass is 291 g/mol. The fraction of sp³-hybridized carbons (Fsp3) is 0.467. The summed E-state index contributed by atoms with van der Waals surface area (Å²) in [6.07, 6.45) is 1.11. The molecule has 2 N–H and O–H groups in total. The van der Waals surface area contributed by atoms with E-state index >= 15 is 0 Å². The van der Waals surface area contributed by atoms with Gasteiger partial charge in [-0.05, 0) is 37.6 Å². The molecule has 0 aromatic heterocycles. The molecule has 1 atom stereocenters. The molecule has 1 rings (SSSR count). The SMILES string of the molecule is CCCNC(C)c1cccc(SCC(=O)NCC#N)c1. The average Bonchev–Trinajstić information content (AvgIpc) is 2.48. The standard InChI is InChI=1S/C15H21N3OS/c1-3-8-17-12(2)13-5-4-6-14(10-13)20-11-15(19)18-9-7-16/h4-6,10,12,17H,3,8-9,11H2,1-2H3,(H,18,19). The molecule has 1 amide bonds. The number of benzene rings is 1. The van der Waals surface area contributed by atoms with Crippen molar-refractivity contribution in [3.05, 3.63) is 29.8 Å². The van der Waals surface area contributed by atoms with Crippen LogP contribution in [-0.4, -0.2) is 24.7 Å². The molecule has 0 bridgehead atoms. The molecule has 1 unspecified atom stereocenters. The van der Waals surface area contributed by atoms with E-state index in [0.717, 1.165) is 17.9 Å². The van der Waals surface area contributed by atoms with Gasteiger partial charge < -0.3 is 10.6 Å². The quantitative estimate of drug-likeness (QED) is 0.570. The van der Waals surface area contributed by atoms with Crippen LogP contribution in [0.2, 0.25) is 0 Å². The van der Waals surface area contributed by atoms with Crippen molar-refractivity contribution < 1.29 is 4.79 Å². The zero-order valence-corrected chi connectivity index (χ0v) is 12.8. The van der Waals surface area contributed by atoms with Gasteiger partial charge in [0.25, 0.3) is 0 Å². The number of nitriles is 1. The molecule has 0 fully saturated rings. The van der Waals surface area contributed by atoms with Crippen LogP contribution in [0.5, 0.6) is 0 Å². The number of nitrogens with zero attached hydrogens (tertiary/aromatic N) is 1. The van der Waals surface area contributed by atoms with E-state index in [0.29, 0.717) is 11.8 Å². The molecular formula is C15H21N3OS. The van der Waals surface area contributed by atoms with Crippen molar-refractivity contribution in [2.75, 3.05) is 18.8 Å². The summed E-state index contributed by atoms with van der Waals surface area (Å²) in [6.45, 7) is 5.34. The first-order valence-corrected chi connectivity index (χ1v) is 7.75. The molecule has 0 aliphatic heterocycles. The molecule has 0 aliphatic carbocycles. The van der Waals surface area contributed by atoms with Crippen molar-refractivity contribution in [3.63, 3.8) is 0 Å². The highest BCUT2D eigenvalue weighted by Crippen LogP contribution is 2.22. The number of nitrogens with one attached hydrogen (secondary N) is 2. The van der Waals surface area contributed by atoms with Crippen LogP contribution in [0.3, 0.4) is 0 Å². The molecule has 1 aromatic carbocycles. The van der Waals surface area contributed by atoms with Gasteiger partial charge in [-0.15, -0.1) is 11.8 Å². The van der Waals surface area contributed by atoms with Gasteiger partial charge in [0.05, 0.1) is 11.8 Å². The molecule has 20 heavy (non-hydrogen) atoms. The summed E-state index contributed by atoms with van der Waals surface area (Å²) in [4.78, 5) is 12.5. The second-order valence-electron chi connectivity index (χ2n) is 4.47. The second kappa shape index (κ2) is 9.40. The summed E-state index contributed by atoms with van der Waals surface area (Å²) < 4.78 is 0. The molecule has 0 heterocycles. The van der Waals surface area contributed by atoms with Crippen molar-refractivity contribution in [2.24, 2.45) is 0 Å². The molecule has 0 saturated carbocycles. The third-order valence-electron chi connectivity index (χ3n) is 2.79. The Labute approximate surface area is 124 Å². The minimum absolute atomic E-state index is 0.0669. The van der Waals surface area contributed by atoms with E-state index in [4.69, 9.17) is 5.26 Å². The third kappa shape index (κ3) is 6.09. The number of carbonyl (C=O) groups excluding carboxylic acids is 1. The fourth-order valence-corrected chi connectivity index (χ4v) is 2.48. The number of amides is 1. The summed E-state index contributed by atoms with van der Waals surface area (Å²) in [5.74, 6) is 0.223. The largest absolute Gasteiger partial charge is 0.342 e. The topological polar surface area (TPSA) is 64.9 Å². The summed E-state index contributed by atoms with van der Waals surface area (Å²) in [6, 6.07) is 10.4. The van der Waals surface area contributed by atoms with Crippen LogP contribution in [0.15, 0.2) is 29.2 Å². The smallest absolute Gasteiger partial charge is 0.231 e. The summed E-state index contributed by atoms with van der Waals surface area (Å²) in [5, 5.41) is 14.4. The van der Waals surface area contributed by atoms with Gasteiger partial charge in [0.15, 0.2) is 0 Å². The minimum atomic E-state index is -0.112. The zero-order chi connectivity index (χ0) is 14.8. The van der Waals surface area contributed by atoms with E-state index in [2.05, 4.69) is 36.6 Å². The van der Waals surface area contributed by atoms with E-state index in [-0.39, 0.29) is 12.5 Å². The van der Waals surface area contributed by atoms with Gasteiger partial charge in [0.2, 0.25) is 5.91 Å². The predicted octanol–water partition coefficient (Wildman–Crippen LogP) is 2.48. The summed E-state index contributed by atoms with van der Waals surface area (Å²) in [7, 11) is 0. The molecule has 1 aromatic rings. The average molecular weight is 291 g/mol.